The van der Waals surface area contributed by atoms with Gasteiger partial charge in [-0.15, -0.1) is 0 Å². The monoisotopic (exact) mass is 347 g/mol. The fraction of sp³-hybridized carbons (Fsp3) is 0.143. The molecule has 0 bridgehead atoms. The summed E-state index contributed by atoms with van der Waals surface area (Å²) in [5.74, 6) is 0.488. The summed E-state index contributed by atoms with van der Waals surface area (Å²) in [6.07, 6.45) is 2.46. The molecule has 5 heteroatoms. The molecule has 1 amide bonds. The number of aromatic nitrogens is 1. The highest BCUT2D eigenvalue weighted by atomic mass is 16.5. The van der Waals surface area contributed by atoms with Gasteiger partial charge in [0.2, 0.25) is 0 Å². The van der Waals surface area contributed by atoms with Crippen LogP contribution in [0.15, 0.2) is 66.9 Å². The number of nitrogens with one attached hydrogen (secondary N) is 2. The van der Waals surface area contributed by atoms with Gasteiger partial charge in [0.25, 0.3) is 5.91 Å². The summed E-state index contributed by atoms with van der Waals surface area (Å²) in [7, 11) is 1.62. The minimum absolute atomic E-state index is 0.241. The molecule has 2 aromatic carbocycles. The third-order valence-corrected chi connectivity index (χ3v) is 4.03. The van der Waals surface area contributed by atoms with Crippen molar-refractivity contribution in [1.82, 2.24) is 4.98 Å². The zero-order chi connectivity index (χ0) is 18.4. The van der Waals surface area contributed by atoms with Crippen LogP contribution in [0.5, 0.6) is 5.75 Å². The Bertz CT molecular complexity index is 909. The molecule has 0 saturated heterocycles. The number of nitrogens with zero attached hydrogens (tertiary/aromatic N) is 1. The predicted molar refractivity (Wildman–Crippen MR) is 104 cm³/mol. The van der Waals surface area contributed by atoms with E-state index in [9.17, 15) is 4.79 Å². The van der Waals surface area contributed by atoms with E-state index in [0.29, 0.717) is 5.69 Å². The SMILES string of the molecule is CCc1ccccc1NC(=O)c1cc(Nc2ccccc2OC)ccn1. The van der Waals surface area contributed by atoms with Crippen molar-refractivity contribution in [2.75, 3.05) is 17.7 Å². The van der Waals surface area contributed by atoms with Crippen LogP contribution in [0.3, 0.4) is 0 Å². The van der Waals surface area contributed by atoms with Gasteiger partial charge in [0.1, 0.15) is 11.4 Å². The number of hydrogen-bond acceptors (Lipinski definition) is 4. The highest BCUT2D eigenvalue weighted by Crippen LogP contribution is 2.27. The van der Waals surface area contributed by atoms with Crippen molar-refractivity contribution in [3.63, 3.8) is 0 Å². The molecule has 0 saturated carbocycles. The van der Waals surface area contributed by atoms with E-state index in [0.717, 1.165) is 34.8 Å². The zero-order valence-corrected chi connectivity index (χ0v) is 14.8. The number of carbonyl (C=O) groups is 1. The van der Waals surface area contributed by atoms with E-state index >= 15 is 0 Å². The molecule has 0 unspecified atom stereocenters. The number of aryl methyl sites for hydroxylation is 1. The molecular formula is C21H21N3O2. The Kier molecular flexibility index (Phi) is 5.49. The van der Waals surface area contributed by atoms with Crippen molar-refractivity contribution < 1.29 is 9.53 Å². The van der Waals surface area contributed by atoms with Crippen LogP contribution < -0.4 is 15.4 Å². The minimum Gasteiger partial charge on any atom is -0.495 e. The number of carbonyl (C=O) groups excluding carboxylic acids is 1. The van der Waals surface area contributed by atoms with Gasteiger partial charge in [-0.25, -0.2) is 0 Å². The fourth-order valence-electron chi connectivity index (χ4n) is 2.67. The predicted octanol–water partition coefficient (Wildman–Crippen LogP) is 4.65. The molecule has 0 atom stereocenters. The molecule has 0 radical (unpaired) electrons. The van der Waals surface area contributed by atoms with Crippen molar-refractivity contribution >= 4 is 23.0 Å². The molecule has 5 nitrogen and oxygen atoms in total. The third-order valence-electron chi connectivity index (χ3n) is 4.03. The quantitative estimate of drug-likeness (QED) is 0.681. The molecule has 1 heterocycles. The number of amides is 1. The smallest absolute Gasteiger partial charge is 0.274 e. The molecular weight excluding hydrogens is 326 g/mol. The summed E-state index contributed by atoms with van der Waals surface area (Å²) in [6, 6.07) is 18.9. The standard InChI is InChI=1S/C21H21N3O2/c1-3-15-8-4-5-9-17(15)24-21(25)19-14-16(12-13-22-19)23-18-10-6-7-11-20(18)26-2/h4-14H,3H2,1-2H3,(H,22,23)(H,24,25). The largest absolute Gasteiger partial charge is 0.495 e. The summed E-state index contributed by atoms with van der Waals surface area (Å²) in [6.45, 7) is 2.06. The van der Waals surface area contributed by atoms with E-state index in [1.54, 1.807) is 19.4 Å². The first-order chi connectivity index (χ1) is 12.7. The molecule has 1 aromatic heterocycles. The molecule has 2 N–H and O–H groups in total. The van der Waals surface area contributed by atoms with Gasteiger partial charge in [-0.05, 0) is 42.3 Å². The fourth-order valence-corrected chi connectivity index (χ4v) is 2.67. The van der Waals surface area contributed by atoms with E-state index in [2.05, 4.69) is 22.5 Å². The second-order valence-electron chi connectivity index (χ2n) is 5.72. The zero-order valence-electron chi connectivity index (χ0n) is 14.8. The first-order valence-electron chi connectivity index (χ1n) is 8.46. The van der Waals surface area contributed by atoms with Crippen molar-refractivity contribution in [2.24, 2.45) is 0 Å². The van der Waals surface area contributed by atoms with Crippen LogP contribution in [0.1, 0.15) is 23.0 Å². The van der Waals surface area contributed by atoms with Crippen LogP contribution in [-0.4, -0.2) is 18.0 Å². The number of rotatable bonds is 6. The van der Waals surface area contributed by atoms with Crippen LogP contribution in [0.2, 0.25) is 0 Å². The molecule has 0 aliphatic rings. The Morgan fingerprint density at radius 1 is 1.04 bits per heavy atom. The number of anilines is 3. The van der Waals surface area contributed by atoms with Crippen molar-refractivity contribution in [3.05, 3.63) is 78.1 Å². The molecule has 26 heavy (non-hydrogen) atoms. The maximum atomic E-state index is 12.6. The Morgan fingerprint density at radius 2 is 1.77 bits per heavy atom. The lowest BCUT2D eigenvalue weighted by Crippen LogP contribution is -2.15. The number of pyridine rings is 1. The van der Waals surface area contributed by atoms with Gasteiger partial charge in [0.05, 0.1) is 12.8 Å². The van der Waals surface area contributed by atoms with Crippen LogP contribution in [0.4, 0.5) is 17.1 Å². The number of hydrogen-bond donors (Lipinski definition) is 2. The van der Waals surface area contributed by atoms with Gasteiger partial charge in [-0.2, -0.15) is 0 Å². The summed E-state index contributed by atoms with van der Waals surface area (Å²) in [5, 5.41) is 6.20. The Morgan fingerprint density at radius 3 is 2.54 bits per heavy atom. The minimum atomic E-state index is -0.241. The molecule has 0 spiro atoms. The summed E-state index contributed by atoms with van der Waals surface area (Å²) in [5.41, 5.74) is 3.83. The summed E-state index contributed by atoms with van der Waals surface area (Å²) in [4.78, 5) is 16.8. The molecule has 3 aromatic rings. The maximum absolute atomic E-state index is 12.6. The topological polar surface area (TPSA) is 63.2 Å². The molecule has 132 valence electrons. The Balaban J connectivity index is 1.79. The Labute approximate surface area is 153 Å². The van der Waals surface area contributed by atoms with Gasteiger partial charge in [-0.1, -0.05) is 37.3 Å². The number of para-hydroxylation sites is 3. The van der Waals surface area contributed by atoms with E-state index in [1.165, 1.54) is 0 Å². The van der Waals surface area contributed by atoms with E-state index in [4.69, 9.17) is 4.74 Å². The van der Waals surface area contributed by atoms with E-state index in [1.807, 2.05) is 54.6 Å². The van der Waals surface area contributed by atoms with Crippen molar-refractivity contribution in [2.45, 2.75) is 13.3 Å². The van der Waals surface area contributed by atoms with Gasteiger partial charge in [0.15, 0.2) is 0 Å². The highest BCUT2D eigenvalue weighted by Gasteiger charge is 2.11. The average Bonchev–Trinajstić information content (AvgIpc) is 2.69. The van der Waals surface area contributed by atoms with Gasteiger partial charge in [0, 0.05) is 17.6 Å². The third kappa shape index (κ3) is 4.00. The second kappa shape index (κ2) is 8.16. The van der Waals surface area contributed by atoms with Crippen molar-refractivity contribution in [3.8, 4) is 5.75 Å². The molecule has 3 rings (SSSR count). The van der Waals surface area contributed by atoms with Gasteiger partial charge < -0.3 is 15.4 Å². The van der Waals surface area contributed by atoms with Crippen LogP contribution in [-0.2, 0) is 6.42 Å². The van der Waals surface area contributed by atoms with Crippen molar-refractivity contribution in [1.29, 1.82) is 0 Å². The number of methoxy groups -OCH3 is 1. The lowest BCUT2D eigenvalue weighted by atomic mass is 10.1. The van der Waals surface area contributed by atoms with Crippen LogP contribution in [0, 0.1) is 0 Å². The normalized spacial score (nSPS) is 10.2. The van der Waals surface area contributed by atoms with Crippen LogP contribution in [0.25, 0.3) is 0 Å². The maximum Gasteiger partial charge on any atom is 0.274 e. The lowest BCUT2D eigenvalue weighted by Gasteiger charge is -2.12. The first kappa shape index (κ1) is 17.5. The van der Waals surface area contributed by atoms with Crippen LogP contribution >= 0.6 is 0 Å². The average molecular weight is 347 g/mol. The molecule has 0 fully saturated rings. The second-order valence-corrected chi connectivity index (χ2v) is 5.72. The van der Waals surface area contributed by atoms with Gasteiger partial charge >= 0.3 is 0 Å². The van der Waals surface area contributed by atoms with Gasteiger partial charge in [-0.3, -0.25) is 9.78 Å². The Hall–Kier alpha value is -3.34. The summed E-state index contributed by atoms with van der Waals surface area (Å²) >= 11 is 0. The highest BCUT2D eigenvalue weighted by molar-refractivity contribution is 6.03. The first-order valence-corrected chi connectivity index (χ1v) is 8.46. The summed E-state index contributed by atoms with van der Waals surface area (Å²) < 4.78 is 5.34. The number of ether oxygens (including phenoxy) is 1. The van der Waals surface area contributed by atoms with E-state index in [-0.39, 0.29) is 5.91 Å². The molecule has 0 aliphatic heterocycles. The number of benzene rings is 2. The van der Waals surface area contributed by atoms with E-state index < -0.39 is 0 Å². The molecule has 0 aliphatic carbocycles. The lowest BCUT2D eigenvalue weighted by molar-refractivity contribution is 0.102.